The molecule has 2 amide bonds. The van der Waals surface area contributed by atoms with Crippen LogP contribution in [0.4, 0.5) is 20.6 Å². The van der Waals surface area contributed by atoms with Gasteiger partial charge in [0.15, 0.2) is 0 Å². The minimum atomic E-state index is -0.524. The maximum atomic E-state index is 14.8. The lowest BCUT2D eigenvalue weighted by molar-refractivity contribution is 0.262. The largest absolute Gasteiger partial charge is 0.323 e. The van der Waals surface area contributed by atoms with E-state index in [9.17, 15) is 9.18 Å². The molecule has 0 spiro atoms. The fourth-order valence-corrected chi connectivity index (χ4v) is 3.56. The van der Waals surface area contributed by atoms with Crippen LogP contribution in [-0.2, 0) is 6.54 Å². The van der Waals surface area contributed by atoms with Crippen molar-refractivity contribution in [3.8, 4) is 11.1 Å². The zero-order valence-corrected chi connectivity index (χ0v) is 17.0. The summed E-state index contributed by atoms with van der Waals surface area (Å²) in [5.74, 6) is -0.524. The van der Waals surface area contributed by atoms with Gasteiger partial charge in [-0.15, -0.1) is 0 Å². The lowest BCUT2D eigenvalue weighted by atomic mass is 10.0. The van der Waals surface area contributed by atoms with Crippen molar-refractivity contribution in [3.63, 3.8) is 0 Å². The van der Waals surface area contributed by atoms with Crippen LogP contribution in [0.1, 0.15) is 18.2 Å². The van der Waals surface area contributed by atoms with E-state index in [0.29, 0.717) is 11.3 Å². The van der Waals surface area contributed by atoms with E-state index in [1.165, 1.54) is 6.07 Å². The second kappa shape index (κ2) is 7.94. The first-order valence-electron chi connectivity index (χ1n) is 9.72. The number of nitrogens with zero attached hydrogens (tertiary/aromatic N) is 3. The number of aromatic nitrogens is 3. The SMILES string of the molecule is CCn1nc(C)c2c(-c3ccc(NC(=O)Nc4cccc(C)c4)c(F)c3)cncc21. The fourth-order valence-electron chi connectivity index (χ4n) is 3.56. The van der Waals surface area contributed by atoms with E-state index in [1.807, 2.05) is 43.7 Å². The Balaban J connectivity index is 1.60. The number of nitrogens with one attached hydrogen (secondary N) is 2. The molecule has 2 aromatic carbocycles. The first-order valence-corrected chi connectivity index (χ1v) is 9.72. The van der Waals surface area contributed by atoms with Gasteiger partial charge in [-0.05, 0) is 56.2 Å². The summed E-state index contributed by atoms with van der Waals surface area (Å²) in [4.78, 5) is 16.5. The molecule has 4 aromatic rings. The Hall–Kier alpha value is -3.74. The molecule has 0 saturated carbocycles. The Morgan fingerprint density at radius 1 is 1.10 bits per heavy atom. The highest BCUT2D eigenvalue weighted by Crippen LogP contribution is 2.32. The van der Waals surface area contributed by atoms with Crippen LogP contribution in [0.15, 0.2) is 54.9 Å². The topological polar surface area (TPSA) is 71.8 Å². The van der Waals surface area contributed by atoms with Crippen LogP contribution in [0.2, 0.25) is 0 Å². The van der Waals surface area contributed by atoms with Crippen molar-refractivity contribution in [3.05, 3.63) is 71.9 Å². The van der Waals surface area contributed by atoms with Gasteiger partial charge in [0.05, 0.1) is 23.1 Å². The normalized spacial score (nSPS) is 10.9. The highest BCUT2D eigenvalue weighted by molar-refractivity contribution is 6.00. The molecule has 4 rings (SSSR count). The van der Waals surface area contributed by atoms with Gasteiger partial charge in [-0.3, -0.25) is 9.67 Å². The standard InChI is InChI=1S/C23H22FN5O/c1-4-29-21-13-25-12-18(22(21)15(3)28-29)16-8-9-20(19(24)11-16)27-23(30)26-17-7-5-6-14(2)10-17/h5-13H,4H2,1-3H3,(H2,26,27,30). The number of benzene rings is 2. The third kappa shape index (κ3) is 3.74. The molecule has 0 bridgehead atoms. The van der Waals surface area contributed by atoms with Gasteiger partial charge >= 0.3 is 6.03 Å². The molecule has 0 aliphatic heterocycles. The van der Waals surface area contributed by atoms with Crippen LogP contribution >= 0.6 is 0 Å². The Bertz CT molecular complexity index is 1250. The first-order chi connectivity index (χ1) is 14.5. The van der Waals surface area contributed by atoms with Gasteiger partial charge in [0.2, 0.25) is 0 Å². The lowest BCUT2D eigenvalue weighted by Gasteiger charge is -2.11. The summed E-state index contributed by atoms with van der Waals surface area (Å²) in [5, 5.41) is 10.8. The van der Waals surface area contributed by atoms with Gasteiger partial charge < -0.3 is 10.6 Å². The van der Waals surface area contributed by atoms with E-state index in [2.05, 4.69) is 20.7 Å². The number of hydrogen-bond acceptors (Lipinski definition) is 3. The zero-order chi connectivity index (χ0) is 21.3. The van der Waals surface area contributed by atoms with Gasteiger partial charge in [-0.1, -0.05) is 18.2 Å². The quantitative estimate of drug-likeness (QED) is 0.471. The summed E-state index contributed by atoms with van der Waals surface area (Å²) < 4.78 is 16.7. The molecule has 0 atom stereocenters. The average Bonchev–Trinajstić information content (AvgIpc) is 3.05. The number of hydrogen-bond donors (Lipinski definition) is 2. The Morgan fingerprint density at radius 3 is 2.67 bits per heavy atom. The van der Waals surface area contributed by atoms with E-state index in [-0.39, 0.29) is 5.69 Å². The van der Waals surface area contributed by atoms with Gasteiger partial charge in [0, 0.05) is 29.4 Å². The molecule has 152 valence electrons. The van der Waals surface area contributed by atoms with E-state index in [4.69, 9.17) is 0 Å². The van der Waals surface area contributed by atoms with Gasteiger partial charge in [-0.2, -0.15) is 5.10 Å². The number of aryl methyl sites for hydroxylation is 3. The molecule has 6 nitrogen and oxygen atoms in total. The minimum absolute atomic E-state index is 0.102. The summed E-state index contributed by atoms with van der Waals surface area (Å²) in [6.45, 7) is 6.60. The smallest absolute Gasteiger partial charge is 0.308 e. The van der Waals surface area contributed by atoms with E-state index >= 15 is 0 Å². The molecular weight excluding hydrogens is 381 g/mol. The molecule has 2 N–H and O–H groups in total. The van der Waals surface area contributed by atoms with E-state index in [1.54, 1.807) is 30.6 Å². The second-order valence-corrected chi connectivity index (χ2v) is 7.13. The fraction of sp³-hybridized carbons (Fsp3) is 0.174. The molecule has 30 heavy (non-hydrogen) atoms. The van der Waals surface area contributed by atoms with Crippen LogP contribution in [-0.4, -0.2) is 20.8 Å². The zero-order valence-electron chi connectivity index (χ0n) is 17.0. The van der Waals surface area contributed by atoms with Crippen molar-refractivity contribution < 1.29 is 9.18 Å². The number of halogens is 1. The predicted molar refractivity (Wildman–Crippen MR) is 117 cm³/mol. The molecule has 0 fully saturated rings. The molecule has 2 aromatic heterocycles. The molecule has 0 aliphatic rings. The van der Waals surface area contributed by atoms with Crippen molar-refractivity contribution in [1.82, 2.24) is 14.8 Å². The number of anilines is 2. The lowest BCUT2D eigenvalue weighted by Crippen LogP contribution is -2.20. The van der Waals surface area contributed by atoms with E-state index < -0.39 is 11.8 Å². The van der Waals surface area contributed by atoms with Crippen LogP contribution in [0.3, 0.4) is 0 Å². The minimum Gasteiger partial charge on any atom is -0.308 e. The maximum absolute atomic E-state index is 14.8. The Labute approximate surface area is 173 Å². The number of rotatable bonds is 4. The molecule has 0 aliphatic carbocycles. The van der Waals surface area contributed by atoms with Crippen LogP contribution in [0.25, 0.3) is 22.0 Å². The van der Waals surface area contributed by atoms with Crippen molar-refractivity contribution in [2.24, 2.45) is 0 Å². The molecule has 2 heterocycles. The summed E-state index contributed by atoms with van der Waals surface area (Å²) in [7, 11) is 0. The number of urea groups is 1. The van der Waals surface area contributed by atoms with Gasteiger partial charge in [-0.25, -0.2) is 9.18 Å². The predicted octanol–water partition coefficient (Wildman–Crippen LogP) is 5.52. The highest BCUT2D eigenvalue weighted by Gasteiger charge is 2.15. The summed E-state index contributed by atoms with van der Waals surface area (Å²) in [6.07, 6.45) is 3.48. The first kappa shape index (κ1) is 19.6. The second-order valence-electron chi connectivity index (χ2n) is 7.13. The van der Waals surface area contributed by atoms with Crippen LogP contribution in [0, 0.1) is 19.7 Å². The molecular formula is C23H22FN5O. The summed E-state index contributed by atoms with van der Waals surface area (Å²) >= 11 is 0. The molecule has 0 unspecified atom stereocenters. The highest BCUT2D eigenvalue weighted by atomic mass is 19.1. The van der Waals surface area contributed by atoms with Crippen LogP contribution in [0.5, 0.6) is 0 Å². The van der Waals surface area contributed by atoms with Gasteiger partial charge in [0.1, 0.15) is 5.82 Å². The average molecular weight is 403 g/mol. The molecule has 0 radical (unpaired) electrons. The Morgan fingerprint density at radius 2 is 1.93 bits per heavy atom. The van der Waals surface area contributed by atoms with Crippen molar-refractivity contribution >= 4 is 28.3 Å². The van der Waals surface area contributed by atoms with Crippen LogP contribution < -0.4 is 10.6 Å². The van der Waals surface area contributed by atoms with Crippen molar-refractivity contribution in [1.29, 1.82) is 0 Å². The number of carbonyl (C=O) groups is 1. The third-order valence-corrected chi connectivity index (χ3v) is 4.94. The summed E-state index contributed by atoms with van der Waals surface area (Å²) in [6, 6.07) is 11.6. The maximum Gasteiger partial charge on any atom is 0.323 e. The number of fused-ring (bicyclic) bond motifs is 1. The van der Waals surface area contributed by atoms with Gasteiger partial charge in [0.25, 0.3) is 0 Å². The van der Waals surface area contributed by atoms with Crippen molar-refractivity contribution in [2.45, 2.75) is 27.3 Å². The van der Waals surface area contributed by atoms with Crippen molar-refractivity contribution in [2.75, 3.05) is 10.6 Å². The number of amides is 2. The van der Waals surface area contributed by atoms with E-state index in [0.717, 1.165) is 34.3 Å². The number of carbonyl (C=O) groups excluding carboxylic acids is 1. The monoisotopic (exact) mass is 403 g/mol. The molecule has 0 saturated heterocycles. The molecule has 7 heteroatoms. The third-order valence-electron chi connectivity index (χ3n) is 4.94. The summed E-state index contributed by atoms with van der Waals surface area (Å²) in [5.41, 5.74) is 5.02. The number of pyridine rings is 1. The Kier molecular flexibility index (Phi) is 5.18.